The monoisotopic (exact) mass is 537 g/mol. The first-order valence-electron chi connectivity index (χ1n) is 14.6. The Morgan fingerprint density at radius 2 is 1.31 bits per heavy atom. The molecule has 0 spiro atoms. The van der Waals surface area contributed by atoms with Crippen LogP contribution in [0, 0.1) is 0 Å². The zero-order chi connectivity index (χ0) is 27.7. The first kappa shape index (κ1) is 23.4. The predicted molar refractivity (Wildman–Crippen MR) is 170 cm³/mol. The number of rotatable bonds is 3. The molecule has 0 bridgehead atoms. The summed E-state index contributed by atoms with van der Waals surface area (Å²) >= 11 is 0. The third kappa shape index (κ3) is 3.00. The molecule has 2 unspecified atom stereocenters. The summed E-state index contributed by atoms with van der Waals surface area (Å²) in [6.07, 6.45) is 12.7. The molecule has 3 nitrogen and oxygen atoms in total. The van der Waals surface area contributed by atoms with Crippen molar-refractivity contribution >= 4 is 27.7 Å². The highest BCUT2D eigenvalue weighted by Gasteiger charge is 2.55. The van der Waals surface area contributed by atoms with Crippen LogP contribution in [0.5, 0.6) is 0 Å². The number of hydrogen-bond acceptors (Lipinski definition) is 3. The molecule has 0 radical (unpaired) electrons. The molecular formula is C39H27N3. The van der Waals surface area contributed by atoms with Crippen molar-refractivity contribution in [1.82, 2.24) is 9.97 Å². The topological polar surface area (TPSA) is 29.0 Å². The summed E-state index contributed by atoms with van der Waals surface area (Å²) in [7, 11) is 0. The van der Waals surface area contributed by atoms with E-state index in [0.717, 1.165) is 0 Å². The zero-order valence-corrected chi connectivity index (χ0v) is 22.9. The Morgan fingerprint density at radius 1 is 0.619 bits per heavy atom. The Kier molecular flexibility index (Phi) is 4.94. The van der Waals surface area contributed by atoms with Gasteiger partial charge in [-0.15, -0.1) is 0 Å². The van der Waals surface area contributed by atoms with Crippen LogP contribution >= 0.6 is 0 Å². The number of nitrogens with zero attached hydrogens (tertiary/aromatic N) is 3. The number of fused-ring (bicyclic) bond motifs is 7. The van der Waals surface area contributed by atoms with E-state index in [0.29, 0.717) is 0 Å². The number of aromatic nitrogens is 2. The summed E-state index contributed by atoms with van der Waals surface area (Å²) in [6.45, 7) is 0. The van der Waals surface area contributed by atoms with E-state index in [9.17, 15) is 0 Å². The van der Waals surface area contributed by atoms with Crippen molar-refractivity contribution in [2.75, 3.05) is 4.90 Å². The van der Waals surface area contributed by atoms with E-state index >= 15 is 0 Å². The molecule has 198 valence electrons. The molecule has 6 aromatic rings. The molecule has 0 N–H and O–H groups in total. The van der Waals surface area contributed by atoms with Gasteiger partial charge in [0.25, 0.3) is 0 Å². The normalized spacial score (nSPS) is 19.4. The van der Waals surface area contributed by atoms with E-state index in [-0.39, 0.29) is 12.0 Å². The quantitative estimate of drug-likeness (QED) is 0.226. The molecule has 0 amide bonds. The van der Waals surface area contributed by atoms with Gasteiger partial charge in [0, 0.05) is 47.5 Å². The molecule has 42 heavy (non-hydrogen) atoms. The van der Waals surface area contributed by atoms with Crippen LogP contribution in [0.15, 0.2) is 158 Å². The fraction of sp³-hybridized carbons (Fsp3) is 0.0769. The number of pyridine rings is 2. The van der Waals surface area contributed by atoms with Gasteiger partial charge in [0.05, 0.1) is 11.5 Å². The van der Waals surface area contributed by atoms with Gasteiger partial charge in [0.15, 0.2) is 0 Å². The van der Waals surface area contributed by atoms with Crippen LogP contribution in [0.2, 0.25) is 0 Å². The van der Waals surface area contributed by atoms with Crippen LogP contribution in [0.1, 0.15) is 33.7 Å². The van der Waals surface area contributed by atoms with Crippen LogP contribution < -0.4 is 4.90 Å². The Bertz CT molecular complexity index is 2010. The van der Waals surface area contributed by atoms with Crippen LogP contribution in [0.3, 0.4) is 0 Å². The Morgan fingerprint density at radius 3 is 2.12 bits per heavy atom. The summed E-state index contributed by atoms with van der Waals surface area (Å²) in [5.41, 5.74) is 11.0. The van der Waals surface area contributed by atoms with Gasteiger partial charge in [-0.2, -0.15) is 0 Å². The first-order chi connectivity index (χ1) is 20.9. The van der Waals surface area contributed by atoms with Gasteiger partial charge in [0.1, 0.15) is 0 Å². The van der Waals surface area contributed by atoms with Crippen molar-refractivity contribution in [1.29, 1.82) is 0 Å². The minimum absolute atomic E-state index is 0.119. The molecule has 0 saturated carbocycles. The molecule has 9 rings (SSSR count). The maximum absolute atomic E-state index is 4.67. The Hall–Kier alpha value is -5.28. The predicted octanol–water partition coefficient (Wildman–Crippen LogP) is 8.61. The SMILES string of the molecule is C1=CC2C(C3=C1c1ccccc1C3(c1cccnc1)c1cccnc1)c1ccccc1N2c1cccc2ccccc12. The smallest absolute Gasteiger partial charge is 0.0713 e. The van der Waals surface area contributed by atoms with Crippen molar-refractivity contribution in [3.05, 3.63) is 186 Å². The molecular weight excluding hydrogens is 510 g/mol. The van der Waals surface area contributed by atoms with Crippen LogP contribution in [-0.2, 0) is 5.41 Å². The molecule has 2 atom stereocenters. The van der Waals surface area contributed by atoms with Gasteiger partial charge in [-0.3, -0.25) is 9.97 Å². The standard InChI is InChI=1S/C39H27N3/c1-2-14-29-26(10-1)11-7-19-34(29)42-35-18-6-4-16-32(35)37-36(42)21-20-31-30-15-3-5-17-33(30)39(38(31)37,27-12-8-22-40-24-27)28-13-9-23-41-25-28/h1-25,36-37H. The largest absolute Gasteiger partial charge is 0.333 e. The average molecular weight is 538 g/mol. The van der Waals surface area contributed by atoms with Crippen molar-refractivity contribution in [2.45, 2.75) is 17.4 Å². The second-order valence-corrected chi connectivity index (χ2v) is 11.4. The molecule has 3 heterocycles. The second-order valence-electron chi connectivity index (χ2n) is 11.4. The summed E-state index contributed by atoms with van der Waals surface area (Å²) in [5, 5.41) is 2.52. The van der Waals surface area contributed by atoms with E-state index < -0.39 is 5.41 Å². The van der Waals surface area contributed by atoms with E-state index in [2.05, 4.69) is 155 Å². The summed E-state index contributed by atoms with van der Waals surface area (Å²) in [6, 6.07) is 42.0. The molecule has 0 fully saturated rings. The van der Waals surface area contributed by atoms with E-state index in [1.807, 2.05) is 12.4 Å². The Balaban J connectivity index is 1.37. The highest BCUT2D eigenvalue weighted by Crippen LogP contribution is 2.64. The summed E-state index contributed by atoms with van der Waals surface area (Å²) < 4.78 is 0. The highest BCUT2D eigenvalue weighted by molar-refractivity contribution is 6.00. The lowest BCUT2D eigenvalue weighted by Crippen LogP contribution is -2.38. The number of anilines is 2. The molecule has 0 saturated heterocycles. The van der Waals surface area contributed by atoms with E-state index in [1.165, 1.54) is 61.1 Å². The molecule has 4 aromatic carbocycles. The number of hydrogen-bond donors (Lipinski definition) is 0. The molecule has 3 aliphatic rings. The third-order valence-electron chi connectivity index (χ3n) is 9.47. The lowest BCUT2D eigenvalue weighted by Gasteiger charge is -2.41. The maximum Gasteiger partial charge on any atom is 0.0713 e. The van der Waals surface area contributed by atoms with Crippen molar-refractivity contribution in [3.63, 3.8) is 0 Å². The zero-order valence-electron chi connectivity index (χ0n) is 22.9. The number of allylic oxidation sites excluding steroid dienone is 2. The summed E-state index contributed by atoms with van der Waals surface area (Å²) in [4.78, 5) is 11.9. The van der Waals surface area contributed by atoms with E-state index in [1.54, 1.807) is 0 Å². The minimum atomic E-state index is -0.524. The molecule has 3 heteroatoms. The first-order valence-corrected chi connectivity index (χ1v) is 14.6. The third-order valence-corrected chi connectivity index (χ3v) is 9.47. The van der Waals surface area contributed by atoms with Gasteiger partial charge in [-0.05, 0) is 68.6 Å². The van der Waals surface area contributed by atoms with Gasteiger partial charge in [0.2, 0.25) is 0 Å². The van der Waals surface area contributed by atoms with Crippen molar-refractivity contribution in [3.8, 4) is 0 Å². The highest BCUT2D eigenvalue weighted by atomic mass is 15.2. The maximum atomic E-state index is 4.67. The van der Waals surface area contributed by atoms with Crippen molar-refractivity contribution < 1.29 is 0 Å². The fourth-order valence-electron chi connectivity index (χ4n) is 7.97. The molecule has 1 aliphatic heterocycles. The lowest BCUT2D eigenvalue weighted by molar-refractivity contribution is 0.611. The average Bonchev–Trinajstić information content (AvgIpc) is 3.56. The summed E-state index contributed by atoms with van der Waals surface area (Å²) in [5.74, 6) is 0.132. The van der Waals surface area contributed by atoms with Crippen molar-refractivity contribution in [2.24, 2.45) is 0 Å². The van der Waals surface area contributed by atoms with Gasteiger partial charge < -0.3 is 4.90 Å². The lowest BCUT2D eigenvalue weighted by atomic mass is 9.62. The van der Waals surface area contributed by atoms with Crippen LogP contribution in [0.25, 0.3) is 16.3 Å². The minimum Gasteiger partial charge on any atom is -0.333 e. The van der Waals surface area contributed by atoms with Gasteiger partial charge in [-0.25, -0.2) is 0 Å². The molecule has 2 aromatic heterocycles. The Labute approximate surface area is 245 Å². The number of benzene rings is 4. The molecule has 2 aliphatic carbocycles. The number of para-hydroxylation sites is 1. The van der Waals surface area contributed by atoms with Crippen LogP contribution in [0.4, 0.5) is 11.4 Å². The van der Waals surface area contributed by atoms with Gasteiger partial charge in [-0.1, -0.05) is 103 Å². The fourth-order valence-corrected chi connectivity index (χ4v) is 7.97. The van der Waals surface area contributed by atoms with Gasteiger partial charge >= 0.3 is 0 Å². The van der Waals surface area contributed by atoms with E-state index in [4.69, 9.17) is 0 Å². The second kappa shape index (κ2) is 8.86. The van der Waals surface area contributed by atoms with Crippen LogP contribution in [-0.4, -0.2) is 16.0 Å².